The maximum Gasteiger partial charge on any atom is 0.272 e. The molecular weight excluding hydrogens is 462 g/mol. The summed E-state index contributed by atoms with van der Waals surface area (Å²) in [5, 5.41) is 3.13. The molecule has 1 heterocycles. The minimum atomic E-state index is -0.788. The van der Waals surface area contributed by atoms with Crippen molar-refractivity contribution in [3.05, 3.63) is 40.4 Å². The molecule has 3 amide bonds. The van der Waals surface area contributed by atoms with Crippen LogP contribution in [0.2, 0.25) is 0 Å². The van der Waals surface area contributed by atoms with Gasteiger partial charge >= 0.3 is 0 Å². The molecule has 2 saturated carbocycles. The Morgan fingerprint density at radius 1 is 1.00 bits per heavy atom. The maximum absolute atomic E-state index is 13.7. The fraction of sp³-hybridized carbons (Fsp3) is 0.538. The van der Waals surface area contributed by atoms with Gasteiger partial charge in [0.15, 0.2) is 5.69 Å². The lowest BCUT2D eigenvalue weighted by atomic mass is 9.84. The van der Waals surface area contributed by atoms with Crippen LogP contribution in [-0.2, 0) is 4.79 Å². The molecule has 0 radical (unpaired) electrons. The van der Waals surface area contributed by atoms with Crippen molar-refractivity contribution >= 4 is 40.6 Å². The van der Waals surface area contributed by atoms with E-state index in [9.17, 15) is 14.4 Å². The third-order valence-corrected chi connectivity index (χ3v) is 8.19. The molecule has 9 heteroatoms. The number of amides is 3. The molecule has 4 rings (SSSR count). The molecule has 8 nitrogen and oxygen atoms in total. The highest BCUT2D eigenvalue weighted by Gasteiger charge is 2.33. The van der Waals surface area contributed by atoms with Gasteiger partial charge in [0.2, 0.25) is 5.91 Å². The molecule has 1 aromatic carbocycles. The third-order valence-electron chi connectivity index (χ3n) is 7.34. The van der Waals surface area contributed by atoms with Crippen LogP contribution in [0.4, 0.5) is 11.4 Å². The Labute approximate surface area is 210 Å². The number of carbonyl (C=O) groups excluding carboxylic acids is 3. The third kappa shape index (κ3) is 5.66. The second-order valence-corrected chi connectivity index (χ2v) is 10.5. The SMILES string of the molecule is CC(C(=O)NC1CCCCC1)N(C(=O)c1snc(C(N)=O)c1N)c1ccc(C2CCCCC2)cc1. The van der Waals surface area contributed by atoms with Crippen LogP contribution in [0, 0.1) is 0 Å². The van der Waals surface area contributed by atoms with Gasteiger partial charge in [0.25, 0.3) is 11.8 Å². The number of hydrogen-bond acceptors (Lipinski definition) is 6. The number of primary amides is 1. The Bertz CT molecular complexity index is 1060. The Kier molecular flexibility index (Phi) is 8.05. The molecule has 188 valence electrons. The first-order chi connectivity index (χ1) is 16.9. The zero-order valence-electron chi connectivity index (χ0n) is 20.3. The van der Waals surface area contributed by atoms with E-state index in [4.69, 9.17) is 11.5 Å². The van der Waals surface area contributed by atoms with Gasteiger partial charge in [-0.15, -0.1) is 0 Å². The van der Waals surface area contributed by atoms with Crippen molar-refractivity contribution in [2.45, 2.75) is 89.1 Å². The predicted molar refractivity (Wildman–Crippen MR) is 139 cm³/mol. The molecule has 2 aromatic rings. The Morgan fingerprint density at radius 2 is 1.60 bits per heavy atom. The Hall–Kier alpha value is -2.94. The van der Waals surface area contributed by atoms with E-state index in [-0.39, 0.29) is 28.2 Å². The highest BCUT2D eigenvalue weighted by Crippen LogP contribution is 2.34. The van der Waals surface area contributed by atoms with Crippen molar-refractivity contribution in [1.82, 2.24) is 9.69 Å². The van der Waals surface area contributed by atoms with Gasteiger partial charge in [-0.2, -0.15) is 4.37 Å². The van der Waals surface area contributed by atoms with Crippen molar-refractivity contribution in [2.24, 2.45) is 5.73 Å². The fourth-order valence-corrected chi connectivity index (χ4v) is 6.03. The lowest BCUT2D eigenvalue weighted by Crippen LogP contribution is -2.51. The first-order valence-electron chi connectivity index (χ1n) is 12.7. The number of nitrogens with one attached hydrogen (secondary N) is 1. The number of nitrogens with zero attached hydrogens (tertiary/aromatic N) is 2. The highest BCUT2D eigenvalue weighted by molar-refractivity contribution is 7.09. The number of hydrogen-bond donors (Lipinski definition) is 3. The van der Waals surface area contributed by atoms with E-state index in [2.05, 4.69) is 21.8 Å². The molecule has 0 aliphatic heterocycles. The van der Waals surface area contributed by atoms with Gasteiger partial charge in [-0.05, 0) is 67.8 Å². The monoisotopic (exact) mass is 497 g/mol. The summed E-state index contributed by atoms with van der Waals surface area (Å²) < 4.78 is 3.98. The number of rotatable bonds is 7. The lowest BCUT2D eigenvalue weighted by molar-refractivity contribution is -0.122. The van der Waals surface area contributed by atoms with E-state index < -0.39 is 17.9 Å². The van der Waals surface area contributed by atoms with Crippen LogP contribution in [0.5, 0.6) is 0 Å². The van der Waals surface area contributed by atoms with Crippen LogP contribution in [0.1, 0.15) is 103 Å². The minimum Gasteiger partial charge on any atom is -0.395 e. The van der Waals surface area contributed by atoms with Gasteiger partial charge in [-0.25, -0.2) is 0 Å². The molecule has 35 heavy (non-hydrogen) atoms. The molecule has 2 fully saturated rings. The second kappa shape index (κ2) is 11.2. The molecule has 0 bridgehead atoms. The van der Waals surface area contributed by atoms with Gasteiger partial charge in [0.05, 0.1) is 5.69 Å². The van der Waals surface area contributed by atoms with Crippen molar-refractivity contribution in [1.29, 1.82) is 0 Å². The zero-order valence-corrected chi connectivity index (χ0v) is 21.1. The normalized spacial score (nSPS) is 18.1. The lowest BCUT2D eigenvalue weighted by Gasteiger charge is -2.31. The van der Waals surface area contributed by atoms with Gasteiger partial charge in [-0.3, -0.25) is 19.3 Å². The fourth-order valence-electron chi connectivity index (χ4n) is 5.28. The van der Waals surface area contributed by atoms with Gasteiger partial charge in [0, 0.05) is 11.7 Å². The smallest absolute Gasteiger partial charge is 0.272 e. The van der Waals surface area contributed by atoms with Crippen LogP contribution in [0.3, 0.4) is 0 Å². The van der Waals surface area contributed by atoms with Gasteiger partial charge in [0.1, 0.15) is 10.9 Å². The molecule has 2 aliphatic rings. The summed E-state index contributed by atoms with van der Waals surface area (Å²) in [5.41, 5.74) is 13.1. The van der Waals surface area contributed by atoms with Crippen LogP contribution in [0.25, 0.3) is 0 Å². The van der Waals surface area contributed by atoms with Crippen molar-refractivity contribution in [3.8, 4) is 0 Å². The topological polar surface area (TPSA) is 131 Å². The molecule has 1 unspecified atom stereocenters. The van der Waals surface area contributed by atoms with Crippen LogP contribution in [0.15, 0.2) is 24.3 Å². The van der Waals surface area contributed by atoms with Gasteiger partial charge in [-0.1, -0.05) is 50.7 Å². The molecule has 2 aliphatic carbocycles. The van der Waals surface area contributed by atoms with E-state index in [0.29, 0.717) is 11.6 Å². The van der Waals surface area contributed by atoms with E-state index in [0.717, 1.165) is 37.2 Å². The van der Waals surface area contributed by atoms with E-state index in [1.807, 2.05) is 12.1 Å². The predicted octanol–water partition coefficient (Wildman–Crippen LogP) is 4.36. The molecule has 0 saturated heterocycles. The number of anilines is 2. The van der Waals surface area contributed by atoms with E-state index >= 15 is 0 Å². The molecular formula is C26H35N5O3S. The molecule has 5 N–H and O–H groups in total. The van der Waals surface area contributed by atoms with Crippen LogP contribution < -0.4 is 21.7 Å². The van der Waals surface area contributed by atoms with Crippen molar-refractivity contribution in [3.63, 3.8) is 0 Å². The summed E-state index contributed by atoms with van der Waals surface area (Å²) >= 11 is 0.828. The maximum atomic E-state index is 13.7. The number of benzene rings is 1. The van der Waals surface area contributed by atoms with E-state index in [1.54, 1.807) is 6.92 Å². The number of nitrogen functional groups attached to an aromatic ring is 1. The number of nitrogens with two attached hydrogens (primary N) is 2. The Balaban J connectivity index is 1.62. The number of aromatic nitrogens is 1. The number of carbonyl (C=O) groups is 3. The van der Waals surface area contributed by atoms with E-state index in [1.165, 1.54) is 49.0 Å². The van der Waals surface area contributed by atoms with Crippen LogP contribution in [-0.4, -0.2) is 34.2 Å². The summed E-state index contributed by atoms with van der Waals surface area (Å²) in [4.78, 5) is 40.2. The Morgan fingerprint density at radius 3 is 2.17 bits per heavy atom. The van der Waals surface area contributed by atoms with Crippen molar-refractivity contribution < 1.29 is 14.4 Å². The largest absolute Gasteiger partial charge is 0.395 e. The summed E-state index contributed by atoms with van der Waals surface area (Å²) in [5.74, 6) is -0.933. The van der Waals surface area contributed by atoms with Crippen LogP contribution >= 0.6 is 11.5 Å². The molecule has 1 aromatic heterocycles. The summed E-state index contributed by atoms with van der Waals surface area (Å²) in [6.07, 6.45) is 11.4. The first-order valence-corrected chi connectivity index (χ1v) is 13.4. The molecule has 1 atom stereocenters. The highest BCUT2D eigenvalue weighted by atomic mass is 32.1. The average Bonchev–Trinajstić information content (AvgIpc) is 3.27. The first kappa shape index (κ1) is 25.2. The summed E-state index contributed by atoms with van der Waals surface area (Å²) in [6.45, 7) is 1.72. The zero-order chi connectivity index (χ0) is 24.9. The van der Waals surface area contributed by atoms with Gasteiger partial charge < -0.3 is 16.8 Å². The quantitative estimate of drug-likeness (QED) is 0.523. The minimum absolute atomic E-state index is 0.0452. The van der Waals surface area contributed by atoms with Crippen molar-refractivity contribution in [2.75, 3.05) is 10.6 Å². The summed E-state index contributed by atoms with van der Waals surface area (Å²) in [6, 6.07) is 7.27. The average molecular weight is 498 g/mol. The standard InChI is InChI=1S/C26H35N5O3S/c1-16(25(33)29-19-10-6-3-7-11-19)31(26(34)23-21(27)22(24(28)32)30-35-23)20-14-12-18(13-15-20)17-8-4-2-5-9-17/h12-17,19H,2-11,27H2,1H3,(H2,28,32)(H,29,33). The summed E-state index contributed by atoms with van der Waals surface area (Å²) in [7, 11) is 0. The second-order valence-electron chi connectivity index (χ2n) is 9.76. The molecule has 0 spiro atoms.